The van der Waals surface area contributed by atoms with Gasteiger partial charge in [-0.1, -0.05) is 24.3 Å². The van der Waals surface area contributed by atoms with Gasteiger partial charge in [-0.15, -0.1) is 10.1 Å². The molecule has 0 aromatic heterocycles. The number of hydrogen-bond acceptors (Lipinski definition) is 7. The molecule has 0 saturated carbocycles. The minimum Gasteiger partial charge on any atom is -0.426 e. The second-order valence-electron chi connectivity index (χ2n) is 4.62. The van der Waals surface area contributed by atoms with Gasteiger partial charge < -0.3 is 14.3 Å². The van der Waals surface area contributed by atoms with E-state index < -0.39 is 17.0 Å². The predicted octanol–water partition coefficient (Wildman–Crippen LogP) is 2.54. The Morgan fingerprint density at radius 3 is 2.54 bits per heavy atom. The lowest BCUT2D eigenvalue weighted by atomic mass is 10.2. The van der Waals surface area contributed by atoms with Crippen molar-refractivity contribution in [2.24, 2.45) is 0 Å². The van der Waals surface area contributed by atoms with Crippen LogP contribution in [0.1, 0.15) is 22.8 Å². The first-order valence-corrected chi connectivity index (χ1v) is 6.81. The lowest BCUT2D eigenvalue weighted by Crippen LogP contribution is -2.12. The molecule has 0 amide bonds. The smallest absolute Gasteiger partial charge is 0.347 e. The Morgan fingerprint density at radius 1 is 1.08 bits per heavy atom. The lowest BCUT2D eigenvalue weighted by molar-refractivity contribution is -0.763. The number of ether oxygens (including phenoxy) is 2. The topological polar surface area (TPSA) is 105 Å². The normalized spacial score (nSPS) is 9.88. The van der Waals surface area contributed by atoms with E-state index in [1.807, 2.05) is 0 Å². The molecular weight excluding hydrogens is 318 g/mol. The van der Waals surface area contributed by atoms with Crippen LogP contribution in [0.4, 0.5) is 0 Å². The van der Waals surface area contributed by atoms with Crippen molar-refractivity contribution in [1.29, 1.82) is 0 Å². The molecule has 8 nitrogen and oxygen atoms in total. The zero-order valence-electron chi connectivity index (χ0n) is 12.6. The molecule has 0 bridgehead atoms. The van der Waals surface area contributed by atoms with Crippen molar-refractivity contribution in [2.75, 3.05) is 0 Å². The zero-order valence-corrected chi connectivity index (χ0v) is 12.6. The molecule has 0 radical (unpaired) electrons. The van der Waals surface area contributed by atoms with Gasteiger partial charge in [0.05, 0.1) is 0 Å². The minimum absolute atomic E-state index is 0.0830. The van der Waals surface area contributed by atoms with E-state index in [0.29, 0.717) is 5.56 Å². The van der Waals surface area contributed by atoms with Crippen LogP contribution in [0.15, 0.2) is 48.5 Å². The summed E-state index contributed by atoms with van der Waals surface area (Å²) in [4.78, 5) is 37.8. The first kappa shape index (κ1) is 16.9. The Hall–Kier alpha value is -3.42. The van der Waals surface area contributed by atoms with Gasteiger partial charge in [-0.2, -0.15) is 0 Å². The minimum atomic E-state index is -0.909. The van der Waals surface area contributed by atoms with E-state index in [9.17, 15) is 19.7 Å². The quantitative estimate of drug-likeness (QED) is 0.346. The second kappa shape index (κ2) is 7.73. The largest absolute Gasteiger partial charge is 0.426 e. The van der Waals surface area contributed by atoms with Gasteiger partial charge >= 0.3 is 11.9 Å². The molecule has 2 aromatic carbocycles. The van der Waals surface area contributed by atoms with Crippen LogP contribution in [-0.4, -0.2) is 17.0 Å². The van der Waals surface area contributed by atoms with Crippen LogP contribution < -0.4 is 9.47 Å². The van der Waals surface area contributed by atoms with Gasteiger partial charge in [0.15, 0.2) is 0 Å². The highest BCUT2D eigenvalue weighted by atomic mass is 16.9. The highest BCUT2D eigenvalue weighted by Gasteiger charge is 2.16. The maximum Gasteiger partial charge on any atom is 0.347 e. The van der Waals surface area contributed by atoms with Crippen molar-refractivity contribution in [3.8, 4) is 11.5 Å². The first-order chi connectivity index (χ1) is 11.5. The summed E-state index contributed by atoms with van der Waals surface area (Å²) in [6, 6.07) is 12.3. The molecule has 0 aliphatic carbocycles. The van der Waals surface area contributed by atoms with Gasteiger partial charge in [0.25, 0.3) is 5.09 Å². The fourth-order valence-corrected chi connectivity index (χ4v) is 1.87. The molecule has 2 rings (SSSR count). The summed E-state index contributed by atoms with van der Waals surface area (Å²) in [5.74, 6) is -1.02. The summed E-state index contributed by atoms with van der Waals surface area (Å²) in [6.45, 7) is 0.962. The summed E-state index contributed by atoms with van der Waals surface area (Å²) < 4.78 is 10.2. The number of benzene rings is 2. The Balaban J connectivity index is 2.14. The number of para-hydroxylation sites is 1. The monoisotopic (exact) mass is 331 g/mol. The van der Waals surface area contributed by atoms with E-state index in [2.05, 4.69) is 4.84 Å². The Labute approximate surface area is 136 Å². The number of nitrogens with zero attached hydrogens (tertiary/aromatic N) is 1. The average molecular weight is 331 g/mol. The van der Waals surface area contributed by atoms with Crippen molar-refractivity contribution in [1.82, 2.24) is 0 Å². The maximum absolute atomic E-state index is 12.2. The van der Waals surface area contributed by atoms with E-state index in [4.69, 9.17) is 9.47 Å². The molecule has 2 aromatic rings. The van der Waals surface area contributed by atoms with Crippen LogP contribution in [0.3, 0.4) is 0 Å². The van der Waals surface area contributed by atoms with E-state index >= 15 is 0 Å². The van der Waals surface area contributed by atoms with Crippen molar-refractivity contribution >= 4 is 11.9 Å². The Bertz CT molecular complexity index is 773. The highest BCUT2D eigenvalue weighted by molar-refractivity contribution is 5.94. The van der Waals surface area contributed by atoms with Gasteiger partial charge in [-0.3, -0.25) is 4.79 Å². The summed E-state index contributed by atoms with van der Waals surface area (Å²) >= 11 is 0. The number of hydrogen-bond donors (Lipinski definition) is 0. The van der Waals surface area contributed by atoms with E-state index in [1.54, 1.807) is 24.3 Å². The lowest BCUT2D eigenvalue weighted by Gasteiger charge is -2.09. The van der Waals surface area contributed by atoms with Crippen molar-refractivity contribution in [2.45, 2.75) is 13.5 Å². The summed E-state index contributed by atoms with van der Waals surface area (Å²) in [5.41, 5.74) is 0.546. The number of carbonyl (C=O) groups is 2. The molecule has 0 aliphatic rings. The van der Waals surface area contributed by atoms with Gasteiger partial charge in [0.2, 0.25) is 0 Å². The van der Waals surface area contributed by atoms with E-state index in [0.717, 1.165) is 0 Å². The number of carbonyl (C=O) groups excluding carboxylic acids is 2. The van der Waals surface area contributed by atoms with Crippen LogP contribution in [0.2, 0.25) is 0 Å². The molecule has 0 saturated heterocycles. The third-order valence-electron chi connectivity index (χ3n) is 2.81. The summed E-state index contributed by atoms with van der Waals surface area (Å²) in [5, 5.41) is 9.29. The number of esters is 2. The van der Waals surface area contributed by atoms with Gasteiger partial charge in [-0.05, 0) is 29.8 Å². The predicted molar refractivity (Wildman–Crippen MR) is 80.9 cm³/mol. The molecule has 0 heterocycles. The molecule has 0 unspecified atom stereocenters. The van der Waals surface area contributed by atoms with Gasteiger partial charge in [0.1, 0.15) is 23.7 Å². The molecule has 124 valence electrons. The molecular formula is C16H13NO7. The summed E-state index contributed by atoms with van der Waals surface area (Å²) in [6.07, 6.45) is 0. The van der Waals surface area contributed by atoms with Crippen LogP contribution >= 0.6 is 0 Å². The fraction of sp³-hybridized carbons (Fsp3) is 0.125. The third kappa shape index (κ3) is 4.80. The number of rotatable bonds is 6. The fourth-order valence-electron chi connectivity index (χ4n) is 1.87. The van der Waals surface area contributed by atoms with Crippen molar-refractivity contribution in [3.63, 3.8) is 0 Å². The second-order valence-corrected chi connectivity index (χ2v) is 4.62. The van der Waals surface area contributed by atoms with Gasteiger partial charge in [-0.25, -0.2) is 4.79 Å². The van der Waals surface area contributed by atoms with Crippen LogP contribution in [0, 0.1) is 10.1 Å². The molecule has 0 N–H and O–H groups in total. The highest BCUT2D eigenvalue weighted by Crippen LogP contribution is 2.22. The molecule has 0 spiro atoms. The Morgan fingerprint density at radius 2 is 1.83 bits per heavy atom. The van der Waals surface area contributed by atoms with E-state index in [-0.39, 0.29) is 23.7 Å². The molecule has 0 fully saturated rings. The molecule has 24 heavy (non-hydrogen) atoms. The summed E-state index contributed by atoms with van der Waals surface area (Å²) in [7, 11) is 0. The van der Waals surface area contributed by atoms with Crippen molar-refractivity contribution < 1.29 is 29.0 Å². The molecule has 0 atom stereocenters. The molecule has 8 heteroatoms. The van der Waals surface area contributed by atoms with Gasteiger partial charge in [0, 0.05) is 6.92 Å². The van der Waals surface area contributed by atoms with Crippen LogP contribution in [-0.2, 0) is 16.2 Å². The zero-order chi connectivity index (χ0) is 17.5. The first-order valence-electron chi connectivity index (χ1n) is 6.81. The SMILES string of the molecule is CC(=O)Oc1ccccc1C(=O)Oc1cccc(CO[N+](=O)[O-])c1. The molecule has 0 aliphatic heterocycles. The van der Waals surface area contributed by atoms with Crippen LogP contribution in [0.25, 0.3) is 0 Å². The maximum atomic E-state index is 12.2. The third-order valence-corrected chi connectivity index (χ3v) is 2.81. The van der Waals surface area contributed by atoms with E-state index in [1.165, 1.54) is 31.2 Å². The van der Waals surface area contributed by atoms with Crippen LogP contribution in [0.5, 0.6) is 11.5 Å². The average Bonchev–Trinajstić information content (AvgIpc) is 2.53. The Kier molecular flexibility index (Phi) is 5.45. The van der Waals surface area contributed by atoms with Crippen molar-refractivity contribution in [3.05, 3.63) is 69.8 Å². The standard InChI is InChI=1S/C16H13NO7/c1-11(18)23-15-8-3-2-7-14(15)16(19)24-13-6-4-5-12(9-13)10-22-17(20)21/h2-9H,10H2,1H3.